The van der Waals surface area contributed by atoms with Crippen LogP contribution in [0.4, 0.5) is 18.9 Å². The first kappa shape index (κ1) is 30.0. The summed E-state index contributed by atoms with van der Waals surface area (Å²) >= 11 is 0. The van der Waals surface area contributed by atoms with E-state index in [1.807, 2.05) is 24.3 Å². The summed E-state index contributed by atoms with van der Waals surface area (Å²) in [5.74, 6) is 0.692. The van der Waals surface area contributed by atoms with Crippen molar-refractivity contribution in [3.63, 3.8) is 0 Å². The maximum Gasteiger partial charge on any atom is 0.491 e. The minimum atomic E-state index is -5.37. The standard InChI is InChI=1S/C31H26F3N3O5/c1-19(15-26(38)42-30(41)31(32,33)34)37-27(23-9-4-3-5-10-23)29(40)36(2)25-14-13-21(17-24(25)28(37)39)12-11-20-7-6-8-22(16-20)18-35/h3-10,13-14,16-17,19,27H,15,18,35H2,1-2H3. The molecule has 1 aliphatic rings. The summed E-state index contributed by atoms with van der Waals surface area (Å²) in [5.41, 5.74) is 8.56. The van der Waals surface area contributed by atoms with Gasteiger partial charge in [-0.1, -0.05) is 54.3 Å². The summed E-state index contributed by atoms with van der Waals surface area (Å²) in [4.78, 5) is 53.8. The number of hydrogen-bond donors (Lipinski definition) is 1. The molecule has 4 rings (SSSR count). The molecule has 0 saturated carbocycles. The van der Waals surface area contributed by atoms with E-state index in [0.717, 1.165) is 10.5 Å². The predicted molar refractivity (Wildman–Crippen MR) is 147 cm³/mol. The maximum atomic E-state index is 14.1. The lowest BCUT2D eigenvalue weighted by Gasteiger charge is -2.34. The van der Waals surface area contributed by atoms with Gasteiger partial charge in [-0.3, -0.25) is 14.4 Å². The highest BCUT2D eigenvalue weighted by molar-refractivity contribution is 6.11. The summed E-state index contributed by atoms with van der Waals surface area (Å²) in [6.07, 6.45) is -6.15. The van der Waals surface area contributed by atoms with Crippen LogP contribution >= 0.6 is 0 Å². The number of anilines is 1. The van der Waals surface area contributed by atoms with Gasteiger partial charge in [0, 0.05) is 30.8 Å². The van der Waals surface area contributed by atoms with E-state index in [1.54, 1.807) is 42.5 Å². The van der Waals surface area contributed by atoms with Crippen LogP contribution in [-0.4, -0.2) is 47.9 Å². The molecule has 0 bridgehead atoms. The van der Waals surface area contributed by atoms with E-state index in [9.17, 15) is 32.3 Å². The van der Waals surface area contributed by atoms with E-state index in [-0.39, 0.29) is 11.3 Å². The third kappa shape index (κ3) is 6.50. The van der Waals surface area contributed by atoms with Gasteiger partial charge in [0.15, 0.2) is 0 Å². The van der Waals surface area contributed by atoms with Gasteiger partial charge < -0.3 is 20.3 Å². The van der Waals surface area contributed by atoms with Gasteiger partial charge in [-0.25, -0.2) is 4.79 Å². The second-order valence-corrected chi connectivity index (χ2v) is 9.62. The third-order valence-electron chi connectivity index (χ3n) is 6.67. The van der Waals surface area contributed by atoms with E-state index in [1.165, 1.54) is 24.9 Å². The topological polar surface area (TPSA) is 110 Å². The first-order valence-corrected chi connectivity index (χ1v) is 12.8. The number of hydrogen-bond acceptors (Lipinski definition) is 6. The van der Waals surface area contributed by atoms with Crippen LogP contribution in [0.2, 0.25) is 0 Å². The predicted octanol–water partition coefficient (Wildman–Crippen LogP) is 4.12. The zero-order valence-corrected chi connectivity index (χ0v) is 22.6. The number of rotatable bonds is 5. The molecule has 216 valence electrons. The van der Waals surface area contributed by atoms with Gasteiger partial charge in [-0.15, -0.1) is 0 Å². The quantitative estimate of drug-likeness (QED) is 0.278. The molecule has 0 fully saturated rings. The summed E-state index contributed by atoms with van der Waals surface area (Å²) in [5, 5.41) is 0. The first-order valence-electron chi connectivity index (χ1n) is 12.8. The lowest BCUT2D eigenvalue weighted by Crippen LogP contribution is -2.46. The molecular formula is C31H26F3N3O5. The smallest absolute Gasteiger partial charge is 0.386 e. The molecule has 0 aliphatic carbocycles. The molecule has 0 spiro atoms. The molecule has 8 nitrogen and oxygen atoms in total. The zero-order chi connectivity index (χ0) is 30.6. The van der Waals surface area contributed by atoms with Crippen LogP contribution in [0.15, 0.2) is 72.8 Å². The monoisotopic (exact) mass is 577 g/mol. The van der Waals surface area contributed by atoms with Crippen LogP contribution in [0.25, 0.3) is 0 Å². The number of amides is 2. The fourth-order valence-electron chi connectivity index (χ4n) is 4.61. The van der Waals surface area contributed by atoms with E-state index >= 15 is 0 Å². The lowest BCUT2D eigenvalue weighted by atomic mass is 10.0. The van der Waals surface area contributed by atoms with Crippen molar-refractivity contribution in [3.8, 4) is 11.8 Å². The normalized spacial score (nSPS) is 15.7. The average Bonchev–Trinajstić information content (AvgIpc) is 3.04. The Bertz CT molecular complexity index is 1590. The SMILES string of the molecule is CC(CC(=O)OC(=O)C(F)(F)F)N1C(=O)c2cc(C#Cc3cccc(CN)c3)ccc2N(C)C(=O)C1c1ccccc1. The summed E-state index contributed by atoms with van der Waals surface area (Å²) in [6.45, 7) is 1.73. The van der Waals surface area contributed by atoms with Gasteiger partial charge in [-0.05, 0) is 48.4 Å². The van der Waals surface area contributed by atoms with E-state index in [4.69, 9.17) is 5.73 Å². The van der Waals surface area contributed by atoms with Crippen molar-refractivity contribution in [2.75, 3.05) is 11.9 Å². The lowest BCUT2D eigenvalue weighted by molar-refractivity contribution is -0.202. The van der Waals surface area contributed by atoms with E-state index < -0.39 is 48.4 Å². The molecule has 0 radical (unpaired) electrons. The number of ether oxygens (including phenoxy) is 1. The van der Waals surface area contributed by atoms with E-state index in [2.05, 4.69) is 16.6 Å². The van der Waals surface area contributed by atoms with Crippen molar-refractivity contribution < 1.29 is 37.1 Å². The van der Waals surface area contributed by atoms with Crippen molar-refractivity contribution in [1.29, 1.82) is 0 Å². The fraction of sp³-hybridized carbons (Fsp3) is 0.226. The van der Waals surface area contributed by atoms with Gasteiger partial charge in [0.2, 0.25) is 0 Å². The summed E-state index contributed by atoms with van der Waals surface area (Å²) < 4.78 is 41.9. The Kier molecular flexibility index (Phi) is 8.78. The highest BCUT2D eigenvalue weighted by atomic mass is 19.4. The molecule has 2 N–H and O–H groups in total. The van der Waals surface area contributed by atoms with Crippen LogP contribution in [-0.2, 0) is 25.7 Å². The molecule has 11 heteroatoms. The second-order valence-electron chi connectivity index (χ2n) is 9.62. The number of alkyl halides is 3. The molecule has 0 aromatic heterocycles. The zero-order valence-electron chi connectivity index (χ0n) is 22.6. The van der Waals surface area contributed by atoms with Gasteiger partial charge in [0.05, 0.1) is 17.7 Å². The molecule has 0 saturated heterocycles. The molecule has 2 atom stereocenters. The second kappa shape index (κ2) is 12.3. The maximum absolute atomic E-state index is 14.1. The molecule has 1 aliphatic heterocycles. The molecule has 2 amide bonds. The Balaban J connectivity index is 1.75. The van der Waals surface area contributed by atoms with Crippen LogP contribution in [0, 0.1) is 11.8 Å². The summed E-state index contributed by atoms with van der Waals surface area (Å²) in [6, 6.07) is 18.0. The number of benzene rings is 3. The number of esters is 2. The highest BCUT2D eigenvalue weighted by Crippen LogP contribution is 2.36. The number of halogens is 3. The van der Waals surface area contributed by atoms with Gasteiger partial charge in [0.25, 0.3) is 11.8 Å². The number of likely N-dealkylation sites (N-methyl/N-ethyl adjacent to an activating group) is 1. The van der Waals surface area contributed by atoms with E-state index in [0.29, 0.717) is 23.2 Å². The van der Waals surface area contributed by atoms with Crippen molar-refractivity contribution in [3.05, 3.63) is 101 Å². The minimum absolute atomic E-state index is 0.0957. The highest BCUT2D eigenvalue weighted by Gasteiger charge is 2.44. The Morgan fingerprint density at radius 2 is 1.64 bits per heavy atom. The van der Waals surface area contributed by atoms with Gasteiger partial charge in [0.1, 0.15) is 6.04 Å². The van der Waals surface area contributed by atoms with Gasteiger partial charge >= 0.3 is 18.1 Å². The molecule has 3 aromatic carbocycles. The molecule has 3 aromatic rings. The molecular weight excluding hydrogens is 551 g/mol. The first-order chi connectivity index (χ1) is 19.9. The van der Waals surface area contributed by atoms with Crippen molar-refractivity contribution in [2.45, 2.75) is 38.1 Å². The average molecular weight is 578 g/mol. The minimum Gasteiger partial charge on any atom is -0.386 e. The summed E-state index contributed by atoms with van der Waals surface area (Å²) in [7, 11) is 1.50. The van der Waals surface area contributed by atoms with Crippen LogP contribution in [0.1, 0.15) is 52.0 Å². The fourth-order valence-corrected chi connectivity index (χ4v) is 4.61. The number of nitrogens with zero attached hydrogens (tertiary/aromatic N) is 2. The number of nitrogens with two attached hydrogens (primary N) is 1. The Morgan fingerprint density at radius 3 is 2.29 bits per heavy atom. The van der Waals surface area contributed by atoms with Crippen molar-refractivity contribution >= 4 is 29.4 Å². The van der Waals surface area contributed by atoms with Crippen LogP contribution in [0.5, 0.6) is 0 Å². The largest absolute Gasteiger partial charge is 0.491 e. The third-order valence-corrected chi connectivity index (χ3v) is 6.67. The molecule has 2 unspecified atom stereocenters. The van der Waals surface area contributed by atoms with Crippen LogP contribution < -0.4 is 10.6 Å². The Hall–Kier alpha value is -4.95. The van der Waals surface area contributed by atoms with Gasteiger partial charge in [-0.2, -0.15) is 13.2 Å². The Labute approximate surface area is 239 Å². The molecule has 1 heterocycles. The molecule has 42 heavy (non-hydrogen) atoms. The van der Waals surface area contributed by atoms with Crippen LogP contribution in [0.3, 0.4) is 0 Å². The van der Waals surface area contributed by atoms with Crippen molar-refractivity contribution in [1.82, 2.24) is 4.90 Å². The Morgan fingerprint density at radius 1 is 0.976 bits per heavy atom. The number of carbonyl (C=O) groups is 4. The number of carbonyl (C=O) groups excluding carboxylic acids is 4. The van der Waals surface area contributed by atoms with Crippen molar-refractivity contribution in [2.24, 2.45) is 5.73 Å². The number of fused-ring (bicyclic) bond motifs is 1.